The molecule has 6 rings (SSSR count). The number of hydrogen-bond acceptors (Lipinski definition) is 5. The fraction of sp³-hybridized carbons (Fsp3) is 0.240. The van der Waals surface area contributed by atoms with Crippen LogP contribution in [0, 0.1) is 11.8 Å². The number of nitrogens with one attached hydrogen (secondary N) is 2. The van der Waals surface area contributed by atoms with Crippen molar-refractivity contribution >= 4 is 28.6 Å². The van der Waals surface area contributed by atoms with Gasteiger partial charge in [-0.2, -0.15) is 4.98 Å². The quantitative estimate of drug-likeness (QED) is 0.484. The van der Waals surface area contributed by atoms with E-state index < -0.39 is 0 Å². The Morgan fingerprint density at radius 3 is 2.56 bits per heavy atom. The third-order valence-electron chi connectivity index (χ3n) is 6.57. The van der Waals surface area contributed by atoms with Gasteiger partial charge in [0.1, 0.15) is 5.65 Å². The summed E-state index contributed by atoms with van der Waals surface area (Å²) in [6, 6.07) is 20.1. The minimum absolute atomic E-state index is 0.213. The van der Waals surface area contributed by atoms with Crippen molar-refractivity contribution in [1.82, 2.24) is 19.9 Å². The van der Waals surface area contributed by atoms with E-state index >= 15 is 0 Å². The lowest BCUT2D eigenvalue weighted by Gasteiger charge is -2.19. The lowest BCUT2D eigenvalue weighted by molar-refractivity contribution is 0.292. The number of nitrogens with zero attached hydrogens (tertiary/aromatic N) is 3. The summed E-state index contributed by atoms with van der Waals surface area (Å²) in [7, 11) is 0. The Morgan fingerprint density at radius 1 is 1.03 bits per heavy atom. The van der Waals surface area contributed by atoms with Crippen molar-refractivity contribution in [3.05, 3.63) is 87.8 Å². The summed E-state index contributed by atoms with van der Waals surface area (Å²) in [4.78, 5) is 27.1. The van der Waals surface area contributed by atoms with Crippen molar-refractivity contribution in [1.29, 1.82) is 0 Å². The van der Waals surface area contributed by atoms with Crippen molar-refractivity contribution in [3.8, 4) is 11.1 Å². The summed E-state index contributed by atoms with van der Waals surface area (Å²) in [6.45, 7) is 3.17. The number of aromatic amines is 1. The lowest BCUT2D eigenvalue weighted by atomic mass is 10.1. The smallest absolute Gasteiger partial charge is 0.257 e. The number of aromatic nitrogens is 3. The molecule has 2 atom stereocenters. The molecule has 6 nitrogen and oxygen atoms in total. The molecular weight excluding hydrogens is 422 g/mol. The Kier molecular flexibility index (Phi) is 4.70. The van der Waals surface area contributed by atoms with Crippen LogP contribution in [0.25, 0.3) is 22.2 Å². The van der Waals surface area contributed by atoms with E-state index in [1.165, 1.54) is 5.56 Å². The van der Waals surface area contributed by atoms with Gasteiger partial charge >= 0.3 is 0 Å². The van der Waals surface area contributed by atoms with E-state index in [0.717, 1.165) is 25.0 Å². The van der Waals surface area contributed by atoms with Crippen LogP contribution in [-0.2, 0) is 6.54 Å². The molecule has 2 fully saturated rings. The van der Waals surface area contributed by atoms with Gasteiger partial charge in [-0.25, -0.2) is 4.98 Å². The van der Waals surface area contributed by atoms with Gasteiger partial charge in [-0.05, 0) is 29.5 Å². The van der Waals surface area contributed by atoms with Crippen molar-refractivity contribution in [2.75, 3.05) is 18.4 Å². The van der Waals surface area contributed by atoms with E-state index in [0.29, 0.717) is 45.6 Å². The Labute approximate surface area is 190 Å². The van der Waals surface area contributed by atoms with Crippen LogP contribution in [0.1, 0.15) is 5.56 Å². The molecule has 2 aromatic heterocycles. The SMILES string of the molecule is O=c1[nH]c2nc(NC3C4CN(Cc5ccccc5)CC43)ncc2cc1-c1ccccc1Cl. The van der Waals surface area contributed by atoms with E-state index in [4.69, 9.17) is 11.6 Å². The molecule has 1 aliphatic heterocycles. The van der Waals surface area contributed by atoms with Crippen LogP contribution in [0.15, 0.2) is 71.7 Å². The molecule has 0 spiro atoms. The van der Waals surface area contributed by atoms with E-state index in [1.807, 2.05) is 18.2 Å². The molecule has 160 valence electrons. The average Bonchev–Trinajstić information content (AvgIpc) is 3.23. The molecule has 32 heavy (non-hydrogen) atoms. The van der Waals surface area contributed by atoms with Gasteiger partial charge in [0.15, 0.2) is 0 Å². The van der Waals surface area contributed by atoms with Gasteiger partial charge in [0.05, 0.1) is 0 Å². The number of H-pyrrole nitrogens is 1. The zero-order chi connectivity index (χ0) is 21.7. The largest absolute Gasteiger partial charge is 0.351 e. The van der Waals surface area contributed by atoms with Crippen LogP contribution in [-0.4, -0.2) is 39.0 Å². The fourth-order valence-electron chi connectivity index (χ4n) is 4.89. The predicted octanol–water partition coefficient (Wildman–Crippen LogP) is 4.18. The minimum Gasteiger partial charge on any atom is -0.351 e. The number of fused-ring (bicyclic) bond motifs is 2. The second kappa shape index (κ2) is 7.73. The van der Waals surface area contributed by atoms with E-state index in [9.17, 15) is 4.79 Å². The lowest BCUT2D eigenvalue weighted by Crippen LogP contribution is -2.27. The minimum atomic E-state index is -0.213. The van der Waals surface area contributed by atoms with Gasteiger partial charge < -0.3 is 10.3 Å². The topological polar surface area (TPSA) is 73.9 Å². The predicted molar refractivity (Wildman–Crippen MR) is 127 cm³/mol. The van der Waals surface area contributed by atoms with Gasteiger partial charge in [0.25, 0.3) is 5.56 Å². The fourth-order valence-corrected chi connectivity index (χ4v) is 5.13. The summed E-state index contributed by atoms with van der Waals surface area (Å²) in [6.07, 6.45) is 1.75. The summed E-state index contributed by atoms with van der Waals surface area (Å²) in [5.41, 5.74) is 2.89. The Hall–Kier alpha value is -3.22. The highest BCUT2D eigenvalue weighted by atomic mass is 35.5. The Bertz CT molecular complexity index is 1340. The normalized spacial score (nSPS) is 22.1. The van der Waals surface area contributed by atoms with Gasteiger partial charge in [-0.1, -0.05) is 60.1 Å². The maximum absolute atomic E-state index is 12.7. The standard InChI is InChI=1S/C25H22ClN5O/c26-21-9-5-4-8-17(21)18-10-16-11-27-25(30-23(16)29-24(18)32)28-22-19-13-31(14-20(19)22)12-15-6-2-1-3-7-15/h1-11,19-20,22H,12-14H2,(H2,27,28,29,30,32). The summed E-state index contributed by atoms with van der Waals surface area (Å²) >= 11 is 6.28. The van der Waals surface area contributed by atoms with Crippen LogP contribution in [0.4, 0.5) is 5.95 Å². The first-order valence-electron chi connectivity index (χ1n) is 10.8. The third-order valence-corrected chi connectivity index (χ3v) is 6.90. The first-order chi connectivity index (χ1) is 15.7. The molecule has 0 bridgehead atoms. The molecule has 2 aliphatic rings. The maximum atomic E-state index is 12.7. The van der Waals surface area contributed by atoms with Crippen molar-refractivity contribution in [2.45, 2.75) is 12.6 Å². The average molecular weight is 444 g/mol. The van der Waals surface area contributed by atoms with Crippen LogP contribution in [0.3, 0.4) is 0 Å². The number of piperidine rings is 1. The Balaban J connectivity index is 1.16. The Morgan fingerprint density at radius 2 is 1.78 bits per heavy atom. The molecule has 7 heteroatoms. The molecule has 1 saturated heterocycles. The monoisotopic (exact) mass is 443 g/mol. The molecule has 1 saturated carbocycles. The zero-order valence-electron chi connectivity index (χ0n) is 17.3. The third kappa shape index (κ3) is 3.55. The molecule has 0 radical (unpaired) electrons. The zero-order valence-corrected chi connectivity index (χ0v) is 18.1. The summed E-state index contributed by atoms with van der Waals surface area (Å²) in [5, 5.41) is 4.79. The summed E-state index contributed by atoms with van der Waals surface area (Å²) < 4.78 is 0. The van der Waals surface area contributed by atoms with Crippen molar-refractivity contribution in [2.24, 2.45) is 11.8 Å². The highest BCUT2D eigenvalue weighted by molar-refractivity contribution is 6.33. The second-order valence-corrected chi connectivity index (χ2v) is 9.07. The molecule has 0 amide bonds. The van der Waals surface area contributed by atoms with E-state index in [2.05, 4.69) is 55.5 Å². The van der Waals surface area contributed by atoms with Crippen molar-refractivity contribution in [3.63, 3.8) is 0 Å². The van der Waals surface area contributed by atoms with Crippen molar-refractivity contribution < 1.29 is 0 Å². The molecule has 2 N–H and O–H groups in total. The van der Waals surface area contributed by atoms with Crippen LogP contribution < -0.4 is 10.9 Å². The van der Waals surface area contributed by atoms with Crippen LogP contribution >= 0.6 is 11.6 Å². The highest BCUT2D eigenvalue weighted by Gasteiger charge is 2.55. The van der Waals surface area contributed by atoms with Crippen LogP contribution in [0.2, 0.25) is 5.02 Å². The highest BCUT2D eigenvalue weighted by Crippen LogP contribution is 2.47. The van der Waals surface area contributed by atoms with Gasteiger partial charge in [-0.15, -0.1) is 0 Å². The molecular formula is C25H22ClN5O. The van der Waals surface area contributed by atoms with E-state index in [1.54, 1.807) is 18.3 Å². The van der Waals surface area contributed by atoms with Gasteiger partial charge in [-0.3, -0.25) is 9.69 Å². The van der Waals surface area contributed by atoms with Gasteiger partial charge in [0.2, 0.25) is 5.95 Å². The van der Waals surface area contributed by atoms with E-state index in [-0.39, 0.29) is 5.56 Å². The number of hydrogen-bond donors (Lipinski definition) is 2. The van der Waals surface area contributed by atoms with Crippen LogP contribution in [0.5, 0.6) is 0 Å². The molecule has 2 aromatic carbocycles. The molecule has 3 heterocycles. The summed E-state index contributed by atoms with van der Waals surface area (Å²) in [5.74, 6) is 1.81. The van der Waals surface area contributed by atoms with Gasteiger partial charge in [0, 0.05) is 53.4 Å². The number of halogens is 1. The number of benzene rings is 2. The number of rotatable bonds is 5. The first-order valence-corrected chi connectivity index (χ1v) is 11.2. The number of likely N-dealkylation sites (tertiary alicyclic amines) is 1. The molecule has 2 unspecified atom stereocenters. The second-order valence-electron chi connectivity index (χ2n) is 8.67. The molecule has 4 aromatic rings. The number of pyridine rings is 1. The first kappa shape index (κ1) is 19.5. The number of anilines is 1. The maximum Gasteiger partial charge on any atom is 0.257 e. The molecule has 1 aliphatic carbocycles.